The third kappa shape index (κ3) is 3.01. The lowest BCUT2D eigenvalue weighted by molar-refractivity contribution is -0.134. The summed E-state index contributed by atoms with van der Waals surface area (Å²) in [5, 5.41) is 0. The second-order valence-electron chi connectivity index (χ2n) is 6.54. The molecule has 0 radical (unpaired) electrons. The smallest absolute Gasteiger partial charge is 0.248 e. The summed E-state index contributed by atoms with van der Waals surface area (Å²) in [4.78, 5) is 30.0. The Kier molecular flexibility index (Phi) is 4.56. The Morgan fingerprint density at radius 3 is 2.88 bits per heavy atom. The van der Waals surface area contributed by atoms with Gasteiger partial charge in [0.15, 0.2) is 0 Å². The van der Waals surface area contributed by atoms with E-state index in [9.17, 15) is 14.0 Å². The van der Waals surface area contributed by atoms with Crippen LogP contribution < -0.4 is 4.90 Å². The molecule has 0 saturated carbocycles. The fraction of sp³-hybridized carbons (Fsp3) is 0.529. The Bertz CT molecular complexity index is 654. The topological polar surface area (TPSA) is 53.1 Å². The van der Waals surface area contributed by atoms with Gasteiger partial charge < -0.3 is 14.5 Å². The molecule has 3 rings (SSSR count). The minimum absolute atomic E-state index is 0.0445. The first-order valence-corrected chi connectivity index (χ1v) is 7.99. The molecule has 2 fully saturated rings. The molecular weight excluding hydrogens is 313 g/mol. The number of hydrogen-bond acceptors (Lipinski definition) is 4. The minimum Gasteiger partial charge on any atom is -0.375 e. The molecule has 1 aromatic rings. The predicted molar refractivity (Wildman–Crippen MR) is 87.2 cm³/mol. The van der Waals surface area contributed by atoms with Crippen molar-refractivity contribution in [1.82, 2.24) is 9.80 Å². The lowest BCUT2D eigenvalue weighted by atomic mass is 9.92. The molecule has 2 heterocycles. The third-order valence-electron chi connectivity index (χ3n) is 5.01. The molecule has 0 aromatic heterocycles. The van der Waals surface area contributed by atoms with Crippen LogP contribution in [0.2, 0.25) is 0 Å². The Labute approximate surface area is 140 Å². The molecule has 24 heavy (non-hydrogen) atoms. The molecule has 6 nitrogen and oxygen atoms in total. The number of carbonyl (C=O) groups excluding carboxylic acids is 2. The quantitative estimate of drug-likeness (QED) is 0.817. The van der Waals surface area contributed by atoms with E-state index < -0.39 is 0 Å². The molecule has 2 aliphatic rings. The number of likely N-dealkylation sites (N-methyl/N-ethyl adjacent to an activating group) is 1. The van der Waals surface area contributed by atoms with Gasteiger partial charge in [-0.1, -0.05) is 6.07 Å². The maximum absolute atomic E-state index is 13.5. The van der Waals surface area contributed by atoms with Crippen molar-refractivity contribution in [2.45, 2.75) is 12.0 Å². The van der Waals surface area contributed by atoms with Gasteiger partial charge in [0.25, 0.3) is 0 Å². The average molecular weight is 335 g/mol. The normalized spacial score (nSPS) is 24.9. The second-order valence-corrected chi connectivity index (χ2v) is 6.54. The Hall–Kier alpha value is -1.99. The number of likely N-dealkylation sites (tertiary alicyclic amines) is 1. The van der Waals surface area contributed by atoms with Crippen molar-refractivity contribution >= 4 is 17.5 Å². The number of methoxy groups -OCH3 is 1. The summed E-state index contributed by atoms with van der Waals surface area (Å²) >= 11 is 0. The van der Waals surface area contributed by atoms with Gasteiger partial charge in [-0.05, 0) is 31.7 Å². The predicted octanol–water partition coefficient (Wildman–Crippen LogP) is 0.722. The molecule has 1 atom stereocenters. The van der Waals surface area contributed by atoms with Crippen LogP contribution in [0.25, 0.3) is 0 Å². The summed E-state index contributed by atoms with van der Waals surface area (Å²) in [5.41, 5.74) is 0.262. The highest BCUT2D eigenvalue weighted by Gasteiger charge is 2.48. The third-order valence-corrected chi connectivity index (χ3v) is 5.01. The highest BCUT2D eigenvalue weighted by molar-refractivity contribution is 5.96. The minimum atomic E-state index is -0.364. The van der Waals surface area contributed by atoms with E-state index in [1.54, 1.807) is 21.9 Å². The number of anilines is 1. The molecule has 0 unspecified atom stereocenters. The Morgan fingerprint density at radius 2 is 2.17 bits per heavy atom. The number of carbonyl (C=O) groups is 2. The summed E-state index contributed by atoms with van der Waals surface area (Å²) in [6.07, 6.45) is 0.776. The van der Waals surface area contributed by atoms with E-state index in [2.05, 4.69) is 0 Å². The lowest BCUT2D eigenvalue weighted by Gasteiger charge is -2.46. The monoisotopic (exact) mass is 335 g/mol. The van der Waals surface area contributed by atoms with Crippen molar-refractivity contribution in [3.05, 3.63) is 30.1 Å². The van der Waals surface area contributed by atoms with E-state index >= 15 is 0 Å². The van der Waals surface area contributed by atoms with Crippen LogP contribution in [0.5, 0.6) is 0 Å². The number of ether oxygens (including phenoxy) is 1. The molecule has 2 saturated heterocycles. The van der Waals surface area contributed by atoms with Crippen LogP contribution in [-0.4, -0.2) is 74.1 Å². The van der Waals surface area contributed by atoms with E-state index in [-0.39, 0.29) is 36.3 Å². The van der Waals surface area contributed by atoms with Crippen molar-refractivity contribution in [1.29, 1.82) is 0 Å². The van der Waals surface area contributed by atoms with E-state index in [0.29, 0.717) is 25.3 Å². The fourth-order valence-electron chi connectivity index (χ4n) is 3.56. The van der Waals surface area contributed by atoms with Crippen LogP contribution in [0, 0.1) is 5.82 Å². The molecule has 7 heteroatoms. The fourth-order valence-corrected chi connectivity index (χ4v) is 3.56. The summed E-state index contributed by atoms with van der Waals surface area (Å²) in [6.45, 7) is 1.94. The number of halogens is 1. The van der Waals surface area contributed by atoms with Crippen molar-refractivity contribution in [3.8, 4) is 0 Å². The molecule has 0 aliphatic carbocycles. The maximum Gasteiger partial charge on any atom is 0.248 e. The first-order chi connectivity index (χ1) is 11.4. The lowest BCUT2D eigenvalue weighted by Crippen LogP contribution is -2.64. The highest BCUT2D eigenvalue weighted by Crippen LogP contribution is 2.33. The van der Waals surface area contributed by atoms with Gasteiger partial charge in [0, 0.05) is 32.4 Å². The summed E-state index contributed by atoms with van der Waals surface area (Å²) in [6, 6.07) is 6.08. The van der Waals surface area contributed by atoms with Gasteiger partial charge in [-0.25, -0.2) is 4.39 Å². The van der Waals surface area contributed by atoms with Crippen LogP contribution in [-0.2, 0) is 14.3 Å². The number of piperazine rings is 1. The number of rotatable bonds is 3. The van der Waals surface area contributed by atoms with Crippen molar-refractivity contribution < 1.29 is 18.7 Å². The molecular formula is C17H22FN3O3. The zero-order valence-corrected chi connectivity index (χ0v) is 14.0. The molecule has 1 spiro atoms. The molecule has 0 N–H and O–H groups in total. The van der Waals surface area contributed by atoms with Crippen molar-refractivity contribution in [3.63, 3.8) is 0 Å². The summed E-state index contributed by atoms with van der Waals surface area (Å²) in [7, 11) is 3.41. The number of amides is 2. The molecule has 2 amide bonds. The highest BCUT2D eigenvalue weighted by atomic mass is 19.1. The number of benzene rings is 1. The zero-order valence-electron chi connectivity index (χ0n) is 14.0. The van der Waals surface area contributed by atoms with E-state index in [1.165, 1.54) is 19.2 Å². The first kappa shape index (κ1) is 16.9. The molecule has 130 valence electrons. The summed E-state index contributed by atoms with van der Waals surface area (Å²) in [5.74, 6) is -0.469. The SMILES string of the molecule is COCC(=O)N1CC[C@]2(C1)CN(c1cccc(F)c1)C(=O)CN2C. The van der Waals surface area contributed by atoms with Crippen LogP contribution in [0.4, 0.5) is 10.1 Å². The van der Waals surface area contributed by atoms with Gasteiger partial charge in [0.05, 0.1) is 12.1 Å². The number of hydrogen-bond donors (Lipinski definition) is 0. The van der Waals surface area contributed by atoms with Gasteiger partial charge in [-0.2, -0.15) is 0 Å². The Balaban J connectivity index is 1.81. The largest absolute Gasteiger partial charge is 0.375 e. The van der Waals surface area contributed by atoms with Gasteiger partial charge >= 0.3 is 0 Å². The Morgan fingerprint density at radius 1 is 1.38 bits per heavy atom. The van der Waals surface area contributed by atoms with Gasteiger partial charge in [-0.15, -0.1) is 0 Å². The van der Waals surface area contributed by atoms with E-state index in [4.69, 9.17) is 4.74 Å². The molecule has 0 bridgehead atoms. The van der Waals surface area contributed by atoms with Gasteiger partial charge in [0.2, 0.25) is 11.8 Å². The van der Waals surface area contributed by atoms with Crippen molar-refractivity contribution in [2.24, 2.45) is 0 Å². The average Bonchev–Trinajstić information content (AvgIpc) is 2.97. The van der Waals surface area contributed by atoms with Crippen LogP contribution in [0.3, 0.4) is 0 Å². The van der Waals surface area contributed by atoms with E-state index in [1.807, 2.05) is 11.9 Å². The van der Waals surface area contributed by atoms with Gasteiger partial charge in [0.1, 0.15) is 12.4 Å². The van der Waals surface area contributed by atoms with Crippen LogP contribution >= 0.6 is 0 Å². The zero-order chi connectivity index (χ0) is 17.3. The van der Waals surface area contributed by atoms with Crippen molar-refractivity contribution in [2.75, 3.05) is 51.8 Å². The first-order valence-electron chi connectivity index (χ1n) is 7.99. The maximum atomic E-state index is 13.5. The molecule has 1 aromatic carbocycles. The van der Waals surface area contributed by atoms with Crippen LogP contribution in [0.1, 0.15) is 6.42 Å². The number of nitrogens with zero attached hydrogens (tertiary/aromatic N) is 3. The van der Waals surface area contributed by atoms with Crippen LogP contribution in [0.15, 0.2) is 24.3 Å². The summed E-state index contributed by atoms with van der Waals surface area (Å²) < 4.78 is 18.5. The molecule has 2 aliphatic heterocycles. The second kappa shape index (κ2) is 6.49. The van der Waals surface area contributed by atoms with E-state index in [0.717, 1.165) is 6.42 Å². The van der Waals surface area contributed by atoms with Gasteiger partial charge in [-0.3, -0.25) is 14.5 Å². The standard InChI is InChI=1S/C17H22FN3O3/c1-19-9-15(22)21(14-5-3-4-13(18)8-14)12-17(19)6-7-20(11-17)16(23)10-24-2/h3-5,8H,6-7,9-12H2,1-2H3/t17-/m0/s1.